The van der Waals surface area contributed by atoms with E-state index in [1.165, 1.54) is 6.42 Å². The summed E-state index contributed by atoms with van der Waals surface area (Å²) in [5.41, 5.74) is 1.18. The zero-order valence-electron chi connectivity index (χ0n) is 11.8. The van der Waals surface area contributed by atoms with Crippen molar-refractivity contribution in [3.8, 4) is 5.75 Å². The molecular weight excluding hydrogens is 236 g/mol. The van der Waals surface area contributed by atoms with Gasteiger partial charge in [-0.3, -0.25) is 0 Å². The Morgan fingerprint density at radius 3 is 2.42 bits per heavy atom. The Hall–Kier alpha value is -1.57. The summed E-state index contributed by atoms with van der Waals surface area (Å²) in [4.78, 5) is 12.3. The minimum atomic E-state index is -0.173. The van der Waals surface area contributed by atoms with Gasteiger partial charge in [0.1, 0.15) is 5.75 Å². The minimum absolute atomic E-state index is 0.142. The number of carbonyl (C=O) groups is 1. The lowest BCUT2D eigenvalue weighted by Gasteiger charge is -2.33. The fourth-order valence-corrected chi connectivity index (χ4v) is 3.63. The third-order valence-electron chi connectivity index (χ3n) is 5.33. The standard InChI is InChI=1S/C17H20O2/c1-16(2)14-9-10-17(16,3)11-13(14)15(18)19-12-7-5-4-6-8-12/h4-8,11,14H,9-10H2,1-3H3. The van der Waals surface area contributed by atoms with Crippen molar-refractivity contribution in [1.82, 2.24) is 0 Å². The van der Waals surface area contributed by atoms with Gasteiger partial charge < -0.3 is 4.74 Å². The highest BCUT2D eigenvalue weighted by atomic mass is 16.5. The number of benzene rings is 1. The van der Waals surface area contributed by atoms with Crippen molar-refractivity contribution in [1.29, 1.82) is 0 Å². The summed E-state index contributed by atoms with van der Waals surface area (Å²) >= 11 is 0. The van der Waals surface area contributed by atoms with Gasteiger partial charge in [-0.2, -0.15) is 0 Å². The molecule has 100 valence electrons. The minimum Gasteiger partial charge on any atom is -0.423 e. The van der Waals surface area contributed by atoms with Crippen molar-refractivity contribution in [3.05, 3.63) is 42.0 Å². The molecule has 1 aromatic rings. The van der Waals surface area contributed by atoms with E-state index in [0.717, 1.165) is 12.0 Å². The number of rotatable bonds is 2. The fraction of sp³-hybridized carbons (Fsp3) is 0.471. The molecule has 0 amide bonds. The van der Waals surface area contributed by atoms with Crippen molar-refractivity contribution in [2.24, 2.45) is 16.7 Å². The van der Waals surface area contributed by atoms with E-state index in [2.05, 4.69) is 26.8 Å². The van der Waals surface area contributed by atoms with E-state index in [1.54, 1.807) is 0 Å². The molecule has 2 heteroatoms. The average Bonchev–Trinajstić information content (AvgIpc) is 2.72. The maximum absolute atomic E-state index is 12.3. The second kappa shape index (κ2) is 3.96. The Bertz CT molecular complexity index is 542. The zero-order valence-corrected chi connectivity index (χ0v) is 11.8. The van der Waals surface area contributed by atoms with Gasteiger partial charge in [0.25, 0.3) is 0 Å². The summed E-state index contributed by atoms with van der Waals surface area (Å²) in [6, 6.07) is 9.31. The Labute approximate surface area is 114 Å². The summed E-state index contributed by atoms with van der Waals surface area (Å²) in [6.07, 6.45) is 4.43. The van der Waals surface area contributed by atoms with Crippen LogP contribution in [0.2, 0.25) is 0 Å². The number of allylic oxidation sites excluding steroid dienone is 1. The van der Waals surface area contributed by atoms with Gasteiger partial charge in [0.15, 0.2) is 0 Å². The molecule has 2 nitrogen and oxygen atoms in total. The van der Waals surface area contributed by atoms with Crippen LogP contribution in [0.4, 0.5) is 0 Å². The van der Waals surface area contributed by atoms with Gasteiger partial charge in [0.2, 0.25) is 0 Å². The Morgan fingerprint density at radius 1 is 1.21 bits per heavy atom. The lowest BCUT2D eigenvalue weighted by molar-refractivity contribution is -0.130. The normalized spacial score (nSPS) is 31.1. The highest BCUT2D eigenvalue weighted by Crippen LogP contribution is 2.64. The number of ether oxygens (including phenoxy) is 1. The maximum Gasteiger partial charge on any atom is 0.339 e. The van der Waals surface area contributed by atoms with Crippen LogP contribution in [0.5, 0.6) is 5.75 Å². The van der Waals surface area contributed by atoms with Crippen LogP contribution in [0, 0.1) is 16.7 Å². The first-order valence-electron chi connectivity index (χ1n) is 6.94. The van der Waals surface area contributed by atoms with Crippen LogP contribution >= 0.6 is 0 Å². The van der Waals surface area contributed by atoms with E-state index in [0.29, 0.717) is 11.7 Å². The molecule has 1 fully saturated rings. The zero-order chi connectivity index (χ0) is 13.7. The largest absolute Gasteiger partial charge is 0.423 e. The van der Waals surface area contributed by atoms with E-state index in [1.807, 2.05) is 30.3 Å². The number of para-hydroxylation sites is 1. The Morgan fingerprint density at radius 2 is 1.89 bits per heavy atom. The Kier molecular flexibility index (Phi) is 2.60. The molecule has 3 rings (SSSR count). The first kappa shape index (κ1) is 12.5. The summed E-state index contributed by atoms with van der Waals surface area (Å²) in [5.74, 6) is 0.792. The smallest absolute Gasteiger partial charge is 0.339 e. The van der Waals surface area contributed by atoms with Crippen LogP contribution in [0.3, 0.4) is 0 Å². The molecular formula is C17H20O2. The van der Waals surface area contributed by atoms with Crippen LogP contribution in [0.25, 0.3) is 0 Å². The third kappa shape index (κ3) is 1.73. The number of carbonyl (C=O) groups excluding carboxylic acids is 1. The maximum atomic E-state index is 12.3. The predicted molar refractivity (Wildman–Crippen MR) is 74.8 cm³/mol. The van der Waals surface area contributed by atoms with Crippen molar-refractivity contribution in [3.63, 3.8) is 0 Å². The van der Waals surface area contributed by atoms with E-state index in [4.69, 9.17) is 4.74 Å². The predicted octanol–water partition coefficient (Wildman–Crippen LogP) is 3.97. The lowest BCUT2D eigenvalue weighted by atomic mass is 9.70. The second-order valence-corrected chi connectivity index (χ2v) is 6.53. The number of fused-ring (bicyclic) bond motifs is 2. The molecule has 0 aliphatic heterocycles. The highest BCUT2D eigenvalue weighted by molar-refractivity contribution is 5.92. The van der Waals surface area contributed by atoms with Gasteiger partial charge in [0.05, 0.1) is 0 Å². The molecule has 19 heavy (non-hydrogen) atoms. The molecule has 2 atom stereocenters. The molecule has 2 aliphatic rings. The van der Waals surface area contributed by atoms with Crippen LogP contribution in [0.1, 0.15) is 33.6 Å². The molecule has 1 aromatic carbocycles. The molecule has 0 saturated heterocycles. The van der Waals surface area contributed by atoms with E-state index < -0.39 is 0 Å². The van der Waals surface area contributed by atoms with E-state index in [9.17, 15) is 4.79 Å². The molecule has 2 bridgehead atoms. The molecule has 0 spiro atoms. The van der Waals surface area contributed by atoms with Crippen molar-refractivity contribution in [2.75, 3.05) is 0 Å². The van der Waals surface area contributed by atoms with Gasteiger partial charge in [-0.15, -0.1) is 0 Å². The molecule has 2 aliphatic carbocycles. The lowest BCUT2D eigenvalue weighted by Crippen LogP contribution is -2.28. The topological polar surface area (TPSA) is 26.3 Å². The first-order valence-corrected chi connectivity index (χ1v) is 6.94. The highest BCUT2D eigenvalue weighted by Gasteiger charge is 2.57. The van der Waals surface area contributed by atoms with Crippen LogP contribution < -0.4 is 4.74 Å². The molecule has 1 saturated carbocycles. The van der Waals surface area contributed by atoms with Crippen LogP contribution in [-0.2, 0) is 4.79 Å². The summed E-state index contributed by atoms with van der Waals surface area (Å²) in [5, 5.41) is 0. The van der Waals surface area contributed by atoms with Crippen molar-refractivity contribution < 1.29 is 9.53 Å². The average molecular weight is 256 g/mol. The molecule has 0 aromatic heterocycles. The number of esters is 1. The van der Waals surface area contributed by atoms with Crippen molar-refractivity contribution >= 4 is 5.97 Å². The van der Waals surface area contributed by atoms with Gasteiger partial charge in [-0.1, -0.05) is 45.0 Å². The number of hydrogen-bond donors (Lipinski definition) is 0. The molecule has 0 radical (unpaired) electrons. The van der Waals surface area contributed by atoms with Gasteiger partial charge >= 0.3 is 5.97 Å². The first-order chi connectivity index (χ1) is 8.94. The quantitative estimate of drug-likeness (QED) is 0.591. The van der Waals surface area contributed by atoms with E-state index >= 15 is 0 Å². The fourth-order valence-electron chi connectivity index (χ4n) is 3.63. The van der Waals surface area contributed by atoms with Crippen LogP contribution in [-0.4, -0.2) is 5.97 Å². The molecule has 0 heterocycles. The second-order valence-electron chi connectivity index (χ2n) is 6.53. The molecule has 2 unspecified atom stereocenters. The summed E-state index contributed by atoms with van der Waals surface area (Å²) in [6.45, 7) is 6.80. The van der Waals surface area contributed by atoms with Crippen molar-refractivity contribution in [2.45, 2.75) is 33.6 Å². The third-order valence-corrected chi connectivity index (χ3v) is 5.33. The SMILES string of the molecule is CC12C=C(C(=O)Oc3ccccc3)C(CC1)C2(C)C. The molecule has 0 N–H and O–H groups in total. The number of hydrogen-bond acceptors (Lipinski definition) is 2. The van der Waals surface area contributed by atoms with E-state index in [-0.39, 0.29) is 16.8 Å². The summed E-state index contributed by atoms with van der Waals surface area (Å²) < 4.78 is 5.48. The summed E-state index contributed by atoms with van der Waals surface area (Å²) in [7, 11) is 0. The monoisotopic (exact) mass is 256 g/mol. The van der Waals surface area contributed by atoms with Crippen LogP contribution in [0.15, 0.2) is 42.0 Å². The Balaban J connectivity index is 1.84. The van der Waals surface area contributed by atoms with Gasteiger partial charge in [-0.25, -0.2) is 4.79 Å². The van der Waals surface area contributed by atoms with Gasteiger partial charge in [0, 0.05) is 5.57 Å². The van der Waals surface area contributed by atoms with Gasteiger partial charge in [-0.05, 0) is 41.7 Å².